The van der Waals surface area contributed by atoms with Crippen LogP contribution in [0.1, 0.15) is 46.9 Å². The summed E-state index contributed by atoms with van der Waals surface area (Å²) >= 11 is 0. The Morgan fingerprint density at radius 3 is 2.38 bits per heavy atom. The molecule has 0 bridgehead atoms. The lowest BCUT2D eigenvalue weighted by Crippen LogP contribution is -2.29. The maximum atomic E-state index is 13.4. The van der Waals surface area contributed by atoms with Crippen molar-refractivity contribution in [3.05, 3.63) is 94.6 Å². The molecule has 2 N–H and O–H groups in total. The molecule has 1 atom stereocenters. The number of carbonyl (C=O) groups excluding carboxylic acids is 3. The number of phenolic OH excluding ortho intramolecular Hbond substituents is 1. The first-order valence-electron chi connectivity index (χ1n) is 11.9. The first-order chi connectivity index (χ1) is 17.8. The van der Waals surface area contributed by atoms with Crippen molar-refractivity contribution in [2.75, 3.05) is 18.1 Å². The van der Waals surface area contributed by atoms with E-state index in [1.54, 1.807) is 55.5 Å². The summed E-state index contributed by atoms with van der Waals surface area (Å²) in [5.41, 5.74) is 1.83. The average molecular weight is 502 g/mol. The molecule has 1 amide bonds. The molecule has 190 valence electrons. The van der Waals surface area contributed by atoms with Crippen LogP contribution >= 0.6 is 0 Å². The van der Waals surface area contributed by atoms with Gasteiger partial charge in [0, 0.05) is 11.3 Å². The zero-order valence-electron chi connectivity index (χ0n) is 20.7. The largest absolute Gasteiger partial charge is 0.508 e. The molecule has 3 aromatic carbocycles. The standard InChI is InChI=1S/C29H27NO7/c1-4-36-23-13-12-19(14-17(23)3)26(32)24-25(18-8-7-11-22(31)16-18)30(28(34)27(24)33)21-10-6-9-20(15-21)29(35)37-5-2/h6-16,25,31-32H,4-5H2,1-3H3/b26-24+. The Labute approximate surface area is 214 Å². The van der Waals surface area contributed by atoms with E-state index in [0.717, 1.165) is 5.56 Å². The predicted octanol–water partition coefficient (Wildman–Crippen LogP) is 4.90. The highest BCUT2D eigenvalue weighted by Crippen LogP contribution is 2.43. The molecule has 1 heterocycles. The van der Waals surface area contributed by atoms with Crippen molar-refractivity contribution < 1.29 is 34.1 Å². The summed E-state index contributed by atoms with van der Waals surface area (Å²) in [5.74, 6) is -2.13. The number of anilines is 1. The summed E-state index contributed by atoms with van der Waals surface area (Å²) in [4.78, 5) is 40.3. The van der Waals surface area contributed by atoms with Crippen LogP contribution in [-0.4, -0.2) is 41.1 Å². The van der Waals surface area contributed by atoms with Gasteiger partial charge in [-0.25, -0.2) is 4.79 Å². The smallest absolute Gasteiger partial charge is 0.338 e. The minimum Gasteiger partial charge on any atom is -0.508 e. The van der Waals surface area contributed by atoms with Crippen LogP contribution < -0.4 is 9.64 Å². The molecule has 4 rings (SSSR count). The minimum absolute atomic E-state index is 0.0692. The van der Waals surface area contributed by atoms with Gasteiger partial charge in [-0.15, -0.1) is 0 Å². The van der Waals surface area contributed by atoms with Crippen LogP contribution in [0.2, 0.25) is 0 Å². The molecule has 1 unspecified atom stereocenters. The first kappa shape index (κ1) is 25.5. The molecular weight excluding hydrogens is 474 g/mol. The number of aliphatic hydroxyl groups excluding tert-OH is 1. The molecule has 37 heavy (non-hydrogen) atoms. The van der Waals surface area contributed by atoms with E-state index in [2.05, 4.69) is 0 Å². The molecule has 0 spiro atoms. The van der Waals surface area contributed by atoms with Crippen LogP contribution in [0.25, 0.3) is 5.76 Å². The van der Waals surface area contributed by atoms with Crippen LogP contribution in [0.5, 0.6) is 11.5 Å². The predicted molar refractivity (Wildman–Crippen MR) is 138 cm³/mol. The highest BCUT2D eigenvalue weighted by atomic mass is 16.5. The van der Waals surface area contributed by atoms with Crippen molar-refractivity contribution in [2.24, 2.45) is 0 Å². The number of aromatic hydroxyl groups is 1. The molecule has 0 aliphatic carbocycles. The normalized spacial score (nSPS) is 16.6. The number of aliphatic hydroxyl groups is 1. The molecule has 1 aliphatic heterocycles. The van der Waals surface area contributed by atoms with Crippen molar-refractivity contribution in [1.82, 2.24) is 0 Å². The number of Topliss-reactive ketones (excluding diaryl/α,β-unsaturated/α-hetero) is 1. The molecule has 1 fully saturated rings. The van der Waals surface area contributed by atoms with Crippen molar-refractivity contribution in [2.45, 2.75) is 26.8 Å². The first-order valence-corrected chi connectivity index (χ1v) is 11.9. The second-order valence-corrected chi connectivity index (χ2v) is 8.45. The molecule has 0 saturated carbocycles. The fraction of sp³-hybridized carbons (Fsp3) is 0.207. The van der Waals surface area contributed by atoms with Crippen molar-refractivity contribution in [3.8, 4) is 11.5 Å². The van der Waals surface area contributed by atoms with Gasteiger partial charge in [-0.1, -0.05) is 18.2 Å². The van der Waals surface area contributed by atoms with Gasteiger partial charge in [-0.05, 0) is 80.4 Å². The summed E-state index contributed by atoms with van der Waals surface area (Å²) in [7, 11) is 0. The van der Waals surface area contributed by atoms with Crippen molar-refractivity contribution >= 4 is 29.1 Å². The Kier molecular flexibility index (Phi) is 7.29. The van der Waals surface area contributed by atoms with Crippen LogP contribution in [0.4, 0.5) is 5.69 Å². The highest BCUT2D eigenvalue weighted by molar-refractivity contribution is 6.51. The number of aryl methyl sites for hydroxylation is 1. The Bertz CT molecular complexity index is 1410. The van der Waals surface area contributed by atoms with Gasteiger partial charge in [0.25, 0.3) is 11.7 Å². The van der Waals surface area contributed by atoms with E-state index in [-0.39, 0.29) is 34.9 Å². The third-order valence-electron chi connectivity index (χ3n) is 6.01. The van der Waals surface area contributed by atoms with Gasteiger partial charge in [0.2, 0.25) is 0 Å². The number of ketones is 1. The van der Waals surface area contributed by atoms with E-state index in [4.69, 9.17) is 9.47 Å². The van der Waals surface area contributed by atoms with E-state index in [9.17, 15) is 24.6 Å². The Morgan fingerprint density at radius 2 is 1.70 bits per heavy atom. The number of phenols is 1. The van der Waals surface area contributed by atoms with Crippen LogP contribution in [0.3, 0.4) is 0 Å². The lowest BCUT2D eigenvalue weighted by molar-refractivity contribution is -0.132. The fourth-order valence-electron chi connectivity index (χ4n) is 4.38. The van der Waals surface area contributed by atoms with E-state index in [1.807, 2.05) is 13.8 Å². The minimum atomic E-state index is -1.06. The summed E-state index contributed by atoms with van der Waals surface area (Å²) in [5, 5.41) is 21.5. The lowest BCUT2D eigenvalue weighted by Gasteiger charge is -2.26. The summed E-state index contributed by atoms with van der Waals surface area (Å²) in [6, 6.07) is 16.2. The number of amides is 1. The van der Waals surface area contributed by atoms with Gasteiger partial charge in [0.1, 0.15) is 17.3 Å². The van der Waals surface area contributed by atoms with Gasteiger partial charge in [0.15, 0.2) is 0 Å². The van der Waals surface area contributed by atoms with Crippen LogP contribution in [0.15, 0.2) is 72.3 Å². The number of carbonyl (C=O) groups is 3. The molecule has 8 heteroatoms. The SMILES string of the molecule is CCOC(=O)c1cccc(N2C(=O)C(=O)/C(=C(/O)c3ccc(OCC)c(C)c3)C2c2cccc(O)c2)c1. The molecule has 1 saturated heterocycles. The molecule has 0 radical (unpaired) electrons. The second kappa shape index (κ2) is 10.6. The number of ether oxygens (including phenoxy) is 2. The van der Waals surface area contributed by atoms with Gasteiger partial charge >= 0.3 is 5.97 Å². The van der Waals surface area contributed by atoms with Crippen LogP contribution in [-0.2, 0) is 14.3 Å². The van der Waals surface area contributed by atoms with Gasteiger partial charge in [0.05, 0.1) is 30.4 Å². The van der Waals surface area contributed by atoms with Crippen LogP contribution in [0, 0.1) is 6.92 Å². The number of benzene rings is 3. The van der Waals surface area contributed by atoms with E-state index >= 15 is 0 Å². The molecule has 3 aromatic rings. The zero-order valence-corrected chi connectivity index (χ0v) is 20.7. The van der Waals surface area contributed by atoms with E-state index < -0.39 is 23.7 Å². The maximum absolute atomic E-state index is 13.4. The quantitative estimate of drug-likeness (QED) is 0.205. The third-order valence-corrected chi connectivity index (χ3v) is 6.01. The number of hydrogen-bond acceptors (Lipinski definition) is 7. The lowest BCUT2D eigenvalue weighted by atomic mass is 9.94. The zero-order chi connectivity index (χ0) is 26.7. The van der Waals surface area contributed by atoms with Gasteiger partial charge in [-0.3, -0.25) is 14.5 Å². The van der Waals surface area contributed by atoms with Gasteiger partial charge in [-0.2, -0.15) is 0 Å². The van der Waals surface area contributed by atoms with Gasteiger partial charge < -0.3 is 19.7 Å². The molecule has 0 aromatic heterocycles. The molecule has 1 aliphatic rings. The summed E-state index contributed by atoms with van der Waals surface area (Å²) in [6.07, 6.45) is 0. The summed E-state index contributed by atoms with van der Waals surface area (Å²) < 4.78 is 10.6. The van der Waals surface area contributed by atoms with E-state index in [1.165, 1.54) is 23.1 Å². The maximum Gasteiger partial charge on any atom is 0.338 e. The monoisotopic (exact) mass is 501 g/mol. The second-order valence-electron chi connectivity index (χ2n) is 8.45. The summed E-state index contributed by atoms with van der Waals surface area (Å²) in [6.45, 7) is 6.01. The molecule has 8 nitrogen and oxygen atoms in total. The molecular formula is C29H27NO7. The Morgan fingerprint density at radius 1 is 0.946 bits per heavy atom. The number of hydrogen-bond donors (Lipinski definition) is 2. The van der Waals surface area contributed by atoms with E-state index in [0.29, 0.717) is 23.5 Å². The number of nitrogens with zero attached hydrogens (tertiary/aromatic N) is 1. The topological polar surface area (TPSA) is 113 Å². The van der Waals surface area contributed by atoms with Crippen molar-refractivity contribution in [3.63, 3.8) is 0 Å². The van der Waals surface area contributed by atoms with Crippen molar-refractivity contribution in [1.29, 1.82) is 0 Å². The number of rotatable bonds is 7. The average Bonchev–Trinajstić information content (AvgIpc) is 3.15. The Hall–Kier alpha value is -4.59. The fourth-order valence-corrected chi connectivity index (χ4v) is 4.38. The number of esters is 1. The third kappa shape index (κ3) is 4.91. The highest BCUT2D eigenvalue weighted by Gasteiger charge is 2.47. The Balaban J connectivity index is 1.90.